The largest absolute Gasteiger partial charge is 0.207 e. The third kappa shape index (κ3) is 1.72. The Balaban J connectivity index is 2.31. The molecule has 2 heteroatoms. The molecule has 1 aromatic carbocycles. The SMILES string of the molecule is Fc1ccc(C2(CBr)CCCC2)cc1. The smallest absolute Gasteiger partial charge is 0.123 e. The van der Waals surface area contributed by atoms with Crippen LogP contribution < -0.4 is 0 Å². The molecule has 0 unspecified atom stereocenters. The van der Waals surface area contributed by atoms with E-state index >= 15 is 0 Å². The van der Waals surface area contributed by atoms with Gasteiger partial charge in [0, 0.05) is 10.7 Å². The third-order valence-corrected chi connectivity index (χ3v) is 4.35. The van der Waals surface area contributed by atoms with E-state index in [0.29, 0.717) is 0 Å². The maximum absolute atomic E-state index is 12.8. The summed E-state index contributed by atoms with van der Waals surface area (Å²) in [5.41, 5.74) is 1.56. The number of rotatable bonds is 2. The Hall–Kier alpha value is -0.370. The van der Waals surface area contributed by atoms with Crippen LogP contribution in [-0.4, -0.2) is 5.33 Å². The van der Waals surface area contributed by atoms with Gasteiger partial charge in [0.15, 0.2) is 0 Å². The van der Waals surface area contributed by atoms with Gasteiger partial charge in [-0.2, -0.15) is 0 Å². The molecule has 0 nitrogen and oxygen atoms in total. The van der Waals surface area contributed by atoms with Gasteiger partial charge in [0.25, 0.3) is 0 Å². The van der Waals surface area contributed by atoms with Gasteiger partial charge in [0.1, 0.15) is 5.82 Å². The second kappa shape index (κ2) is 4.01. The van der Waals surface area contributed by atoms with E-state index in [1.807, 2.05) is 12.1 Å². The molecule has 0 bridgehead atoms. The first-order valence-corrected chi connectivity index (χ1v) is 6.21. The Morgan fingerprint density at radius 2 is 1.71 bits per heavy atom. The Morgan fingerprint density at radius 1 is 1.14 bits per heavy atom. The summed E-state index contributed by atoms with van der Waals surface area (Å²) in [5, 5.41) is 0.992. The maximum Gasteiger partial charge on any atom is 0.123 e. The van der Waals surface area contributed by atoms with Crippen molar-refractivity contribution in [1.29, 1.82) is 0 Å². The van der Waals surface area contributed by atoms with E-state index in [0.717, 1.165) is 5.33 Å². The molecule has 0 N–H and O–H groups in total. The first-order valence-electron chi connectivity index (χ1n) is 5.09. The van der Waals surface area contributed by atoms with Gasteiger partial charge in [-0.25, -0.2) is 4.39 Å². The fourth-order valence-electron chi connectivity index (χ4n) is 2.35. The molecule has 0 heterocycles. The van der Waals surface area contributed by atoms with Crippen molar-refractivity contribution >= 4 is 15.9 Å². The van der Waals surface area contributed by atoms with Crippen LogP contribution in [0, 0.1) is 5.82 Å². The fraction of sp³-hybridized carbons (Fsp3) is 0.500. The zero-order valence-corrected chi connectivity index (χ0v) is 9.69. The van der Waals surface area contributed by atoms with Crippen molar-refractivity contribution in [2.75, 3.05) is 5.33 Å². The average molecular weight is 257 g/mol. The maximum atomic E-state index is 12.8. The predicted molar refractivity (Wildman–Crippen MR) is 60.3 cm³/mol. The van der Waals surface area contributed by atoms with E-state index in [-0.39, 0.29) is 11.2 Å². The number of benzene rings is 1. The molecule has 2 rings (SSSR count). The molecule has 1 aliphatic rings. The molecule has 1 aromatic rings. The number of alkyl halides is 1. The van der Waals surface area contributed by atoms with Gasteiger partial charge in [-0.1, -0.05) is 40.9 Å². The molecule has 1 fully saturated rings. The van der Waals surface area contributed by atoms with Crippen LogP contribution in [0.25, 0.3) is 0 Å². The summed E-state index contributed by atoms with van der Waals surface area (Å²) in [5.74, 6) is -0.142. The monoisotopic (exact) mass is 256 g/mol. The average Bonchev–Trinajstić information content (AvgIpc) is 2.68. The highest BCUT2D eigenvalue weighted by Crippen LogP contribution is 2.42. The lowest BCUT2D eigenvalue weighted by Gasteiger charge is -2.27. The molecule has 1 saturated carbocycles. The molecule has 76 valence electrons. The molecule has 0 aromatic heterocycles. The predicted octanol–water partition coefficient (Wildman–Crippen LogP) is 4.03. The second-order valence-electron chi connectivity index (χ2n) is 4.13. The van der Waals surface area contributed by atoms with Crippen LogP contribution in [0.1, 0.15) is 31.2 Å². The Kier molecular flexibility index (Phi) is 2.91. The van der Waals surface area contributed by atoms with Crippen molar-refractivity contribution in [3.05, 3.63) is 35.6 Å². The zero-order valence-electron chi connectivity index (χ0n) is 8.10. The van der Waals surface area contributed by atoms with Gasteiger partial charge >= 0.3 is 0 Å². The standard InChI is InChI=1S/C12H14BrF/c13-9-12(7-1-2-8-12)10-3-5-11(14)6-4-10/h3-6H,1-2,7-9H2. The molecular formula is C12H14BrF. The van der Waals surface area contributed by atoms with Crippen molar-refractivity contribution < 1.29 is 4.39 Å². The van der Waals surface area contributed by atoms with Gasteiger partial charge in [-0.3, -0.25) is 0 Å². The highest BCUT2D eigenvalue weighted by Gasteiger charge is 2.34. The lowest BCUT2D eigenvalue weighted by molar-refractivity contribution is 0.503. The van der Waals surface area contributed by atoms with Crippen LogP contribution in [0.15, 0.2) is 24.3 Å². The van der Waals surface area contributed by atoms with Crippen LogP contribution in [-0.2, 0) is 5.41 Å². The number of hydrogen-bond acceptors (Lipinski definition) is 0. The van der Waals surface area contributed by atoms with Crippen LogP contribution in [0.5, 0.6) is 0 Å². The topological polar surface area (TPSA) is 0 Å². The summed E-state index contributed by atoms with van der Waals surface area (Å²) in [6.45, 7) is 0. The number of halogens is 2. The van der Waals surface area contributed by atoms with E-state index in [1.165, 1.54) is 31.2 Å². The first kappa shape index (κ1) is 10.2. The molecule has 0 amide bonds. The lowest BCUT2D eigenvalue weighted by Crippen LogP contribution is -2.23. The zero-order chi connectivity index (χ0) is 10.0. The van der Waals surface area contributed by atoms with Crippen molar-refractivity contribution in [3.63, 3.8) is 0 Å². The van der Waals surface area contributed by atoms with Crippen molar-refractivity contribution in [2.24, 2.45) is 0 Å². The second-order valence-corrected chi connectivity index (χ2v) is 4.69. The number of hydrogen-bond donors (Lipinski definition) is 0. The van der Waals surface area contributed by atoms with Gasteiger partial charge in [0.2, 0.25) is 0 Å². The Labute approximate surface area is 92.6 Å². The van der Waals surface area contributed by atoms with Gasteiger partial charge in [0.05, 0.1) is 0 Å². The van der Waals surface area contributed by atoms with Crippen LogP contribution in [0.3, 0.4) is 0 Å². The quantitative estimate of drug-likeness (QED) is 0.701. The summed E-state index contributed by atoms with van der Waals surface area (Å²) in [6.07, 6.45) is 5.04. The molecule has 0 aliphatic heterocycles. The van der Waals surface area contributed by atoms with E-state index < -0.39 is 0 Å². The minimum atomic E-state index is -0.142. The highest BCUT2D eigenvalue weighted by atomic mass is 79.9. The third-order valence-electron chi connectivity index (χ3n) is 3.27. The summed E-state index contributed by atoms with van der Waals surface area (Å²) in [4.78, 5) is 0. The normalized spacial score (nSPS) is 19.9. The van der Waals surface area contributed by atoms with E-state index in [1.54, 1.807) is 12.1 Å². The molecule has 0 saturated heterocycles. The van der Waals surface area contributed by atoms with E-state index in [2.05, 4.69) is 15.9 Å². The summed E-state index contributed by atoms with van der Waals surface area (Å²) >= 11 is 3.59. The van der Waals surface area contributed by atoms with E-state index in [9.17, 15) is 4.39 Å². The molecule has 0 atom stereocenters. The van der Waals surface area contributed by atoms with Gasteiger partial charge in [-0.15, -0.1) is 0 Å². The highest BCUT2D eigenvalue weighted by molar-refractivity contribution is 9.09. The fourth-order valence-corrected chi connectivity index (χ4v) is 3.24. The first-order chi connectivity index (χ1) is 6.77. The minimum Gasteiger partial charge on any atom is -0.207 e. The van der Waals surface area contributed by atoms with Crippen molar-refractivity contribution in [1.82, 2.24) is 0 Å². The van der Waals surface area contributed by atoms with Crippen LogP contribution in [0.2, 0.25) is 0 Å². The van der Waals surface area contributed by atoms with Crippen LogP contribution in [0.4, 0.5) is 4.39 Å². The molecular weight excluding hydrogens is 243 g/mol. The van der Waals surface area contributed by atoms with E-state index in [4.69, 9.17) is 0 Å². The summed E-state index contributed by atoms with van der Waals surface area (Å²) in [7, 11) is 0. The molecule has 1 aliphatic carbocycles. The summed E-state index contributed by atoms with van der Waals surface area (Å²) in [6, 6.07) is 7.00. The summed E-state index contributed by atoms with van der Waals surface area (Å²) < 4.78 is 12.8. The Bertz CT molecular complexity index is 299. The van der Waals surface area contributed by atoms with Crippen molar-refractivity contribution in [3.8, 4) is 0 Å². The molecule has 0 spiro atoms. The Morgan fingerprint density at radius 3 is 2.21 bits per heavy atom. The van der Waals surface area contributed by atoms with Gasteiger partial charge in [-0.05, 0) is 30.5 Å². The van der Waals surface area contributed by atoms with Crippen molar-refractivity contribution in [2.45, 2.75) is 31.1 Å². The minimum absolute atomic E-state index is 0.142. The molecule has 14 heavy (non-hydrogen) atoms. The van der Waals surface area contributed by atoms with Gasteiger partial charge < -0.3 is 0 Å². The van der Waals surface area contributed by atoms with Crippen LogP contribution >= 0.6 is 15.9 Å². The molecule has 0 radical (unpaired) electrons. The lowest BCUT2D eigenvalue weighted by atomic mass is 9.81.